The summed E-state index contributed by atoms with van der Waals surface area (Å²) >= 11 is 0. The van der Waals surface area contributed by atoms with Crippen molar-refractivity contribution in [1.82, 2.24) is 0 Å². The molecule has 0 amide bonds. The minimum absolute atomic E-state index is 0.429. The summed E-state index contributed by atoms with van der Waals surface area (Å²) in [4.78, 5) is 4.88. The number of para-hydroxylation sites is 1. The van der Waals surface area contributed by atoms with Gasteiger partial charge < -0.3 is 5.11 Å². The molecular weight excluding hydrogens is 342 g/mol. The van der Waals surface area contributed by atoms with Gasteiger partial charge in [-0.05, 0) is 49.1 Å². The smallest absolute Gasteiger partial charge is 0.127 e. The predicted molar refractivity (Wildman–Crippen MR) is 121 cm³/mol. The van der Waals surface area contributed by atoms with Gasteiger partial charge in [-0.15, -0.1) is 0 Å². The molecule has 1 aromatic rings. The summed E-state index contributed by atoms with van der Waals surface area (Å²) in [5, 5.41) is 11.0. The van der Waals surface area contributed by atoms with Crippen LogP contribution in [-0.2, 0) is 0 Å². The number of aromatic hydroxyl groups is 1. The largest absolute Gasteiger partial charge is 0.507 e. The average molecular weight is 384 g/mol. The maximum Gasteiger partial charge on any atom is 0.127 e. The first kappa shape index (κ1) is 21.4. The molecule has 0 heterocycles. The number of phenolic OH excluding ortho intramolecular Hbond substituents is 1. The second-order valence-corrected chi connectivity index (χ2v) is 9.35. The van der Waals surface area contributed by atoms with Crippen molar-refractivity contribution in [1.29, 1.82) is 0 Å². The average Bonchev–Trinajstić information content (AvgIpc) is 2.69. The van der Waals surface area contributed by atoms with Crippen LogP contribution in [0.4, 0.5) is 0 Å². The van der Waals surface area contributed by atoms with Crippen molar-refractivity contribution >= 4 is 6.21 Å². The Morgan fingerprint density at radius 3 is 2.00 bits per heavy atom. The van der Waals surface area contributed by atoms with Gasteiger partial charge in [0.1, 0.15) is 5.75 Å². The van der Waals surface area contributed by atoms with E-state index in [1.807, 2.05) is 12.3 Å². The van der Waals surface area contributed by atoms with Gasteiger partial charge in [0, 0.05) is 11.8 Å². The Labute approximate surface area is 172 Å². The number of nitrogens with zero attached hydrogens (tertiary/aromatic N) is 1. The highest BCUT2D eigenvalue weighted by atomic mass is 16.3. The third-order valence-corrected chi connectivity index (χ3v) is 7.11. The van der Waals surface area contributed by atoms with E-state index in [1.165, 1.54) is 96.3 Å². The van der Waals surface area contributed by atoms with Gasteiger partial charge >= 0.3 is 0 Å². The molecule has 1 N–H and O–H groups in total. The molecule has 2 aliphatic rings. The van der Waals surface area contributed by atoms with Gasteiger partial charge in [0.05, 0.1) is 6.04 Å². The van der Waals surface area contributed by atoms with E-state index in [2.05, 4.69) is 19.1 Å². The standard InChI is InChI=1S/C26H41NO/c1-21-14-11-12-19-25(21)27-20-23-17-13-18-24(26(23)28)22-15-9-7-5-3-2-4-6-8-10-16-22/h13,17-18,20-22,25,28H,2-12,14-16,19H2,1H3. The van der Waals surface area contributed by atoms with E-state index in [9.17, 15) is 5.11 Å². The zero-order valence-electron chi connectivity index (χ0n) is 18.0. The van der Waals surface area contributed by atoms with Gasteiger partial charge in [-0.25, -0.2) is 0 Å². The fourth-order valence-electron chi connectivity index (χ4n) is 5.18. The fraction of sp³-hybridized carbons (Fsp3) is 0.731. The third-order valence-electron chi connectivity index (χ3n) is 7.11. The Kier molecular flexibility index (Phi) is 8.89. The lowest BCUT2D eigenvalue weighted by atomic mass is 9.85. The predicted octanol–water partition coefficient (Wildman–Crippen LogP) is 7.78. The van der Waals surface area contributed by atoms with Crippen molar-refractivity contribution in [2.24, 2.45) is 10.9 Å². The molecule has 3 rings (SSSR count). The number of aliphatic imine (C=N–C) groups is 1. The molecular formula is C26H41NO. The van der Waals surface area contributed by atoms with E-state index in [1.54, 1.807) is 0 Å². The van der Waals surface area contributed by atoms with Crippen molar-refractivity contribution in [3.63, 3.8) is 0 Å². The fourth-order valence-corrected chi connectivity index (χ4v) is 5.18. The Morgan fingerprint density at radius 2 is 1.36 bits per heavy atom. The molecule has 0 aliphatic heterocycles. The van der Waals surface area contributed by atoms with Crippen LogP contribution < -0.4 is 0 Å². The lowest BCUT2D eigenvalue weighted by molar-refractivity contribution is 0.333. The van der Waals surface area contributed by atoms with Gasteiger partial charge in [0.25, 0.3) is 0 Å². The maximum absolute atomic E-state index is 11.0. The SMILES string of the molecule is CC1CCCCC1N=Cc1cccc(C2CCCCCCCCCCC2)c1O. The zero-order chi connectivity index (χ0) is 19.6. The summed E-state index contributed by atoms with van der Waals surface area (Å²) in [7, 11) is 0. The second kappa shape index (κ2) is 11.6. The summed E-state index contributed by atoms with van der Waals surface area (Å²) in [5.74, 6) is 1.66. The van der Waals surface area contributed by atoms with E-state index in [0.717, 1.165) is 11.1 Å². The van der Waals surface area contributed by atoms with E-state index >= 15 is 0 Å². The minimum Gasteiger partial charge on any atom is -0.507 e. The molecule has 0 bridgehead atoms. The van der Waals surface area contributed by atoms with E-state index in [0.29, 0.717) is 23.6 Å². The van der Waals surface area contributed by atoms with Gasteiger partial charge in [-0.3, -0.25) is 4.99 Å². The molecule has 156 valence electrons. The van der Waals surface area contributed by atoms with Gasteiger partial charge in [0.2, 0.25) is 0 Å². The van der Waals surface area contributed by atoms with Crippen molar-refractivity contribution in [3.8, 4) is 5.75 Å². The maximum atomic E-state index is 11.0. The van der Waals surface area contributed by atoms with Gasteiger partial charge in [-0.2, -0.15) is 0 Å². The first-order chi connectivity index (χ1) is 13.8. The number of benzene rings is 1. The van der Waals surface area contributed by atoms with Crippen LogP contribution in [0.2, 0.25) is 0 Å². The van der Waals surface area contributed by atoms with Gasteiger partial charge in [-0.1, -0.05) is 89.7 Å². The molecule has 0 radical (unpaired) electrons. The van der Waals surface area contributed by atoms with Crippen molar-refractivity contribution < 1.29 is 5.11 Å². The molecule has 2 nitrogen and oxygen atoms in total. The van der Waals surface area contributed by atoms with Crippen LogP contribution in [0.5, 0.6) is 5.75 Å². The molecule has 28 heavy (non-hydrogen) atoms. The number of hydrogen-bond donors (Lipinski definition) is 1. The molecule has 0 aromatic heterocycles. The van der Waals surface area contributed by atoms with Crippen molar-refractivity contribution in [2.45, 2.75) is 115 Å². The monoisotopic (exact) mass is 383 g/mol. The van der Waals surface area contributed by atoms with Gasteiger partial charge in [0.15, 0.2) is 0 Å². The topological polar surface area (TPSA) is 32.6 Å². The van der Waals surface area contributed by atoms with Crippen LogP contribution in [0.25, 0.3) is 0 Å². The highest BCUT2D eigenvalue weighted by Gasteiger charge is 2.21. The third kappa shape index (κ3) is 6.36. The quantitative estimate of drug-likeness (QED) is 0.531. The van der Waals surface area contributed by atoms with Crippen LogP contribution in [-0.4, -0.2) is 17.4 Å². The molecule has 2 atom stereocenters. The minimum atomic E-state index is 0.429. The van der Waals surface area contributed by atoms with Crippen molar-refractivity contribution in [3.05, 3.63) is 29.3 Å². The molecule has 2 heteroatoms. The Balaban J connectivity index is 1.70. The van der Waals surface area contributed by atoms with E-state index < -0.39 is 0 Å². The van der Waals surface area contributed by atoms with Crippen LogP contribution in [0, 0.1) is 5.92 Å². The molecule has 2 unspecified atom stereocenters. The highest BCUT2D eigenvalue weighted by Crippen LogP contribution is 2.36. The molecule has 2 saturated carbocycles. The summed E-state index contributed by atoms with van der Waals surface area (Å²) in [6, 6.07) is 6.74. The van der Waals surface area contributed by atoms with Crippen LogP contribution in [0.3, 0.4) is 0 Å². The summed E-state index contributed by atoms with van der Waals surface area (Å²) in [5.41, 5.74) is 2.08. The Bertz CT molecular complexity index is 596. The molecule has 2 aliphatic carbocycles. The van der Waals surface area contributed by atoms with Crippen LogP contribution in [0.1, 0.15) is 120 Å². The summed E-state index contributed by atoms with van der Waals surface area (Å²) in [6.45, 7) is 2.32. The Morgan fingerprint density at radius 1 is 0.786 bits per heavy atom. The van der Waals surface area contributed by atoms with Crippen LogP contribution in [0.15, 0.2) is 23.2 Å². The number of rotatable bonds is 3. The second-order valence-electron chi connectivity index (χ2n) is 9.35. The highest BCUT2D eigenvalue weighted by molar-refractivity contribution is 5.84. The lowest BCUT2D eigenvalue weighted by Crippen LogP contribution is -2.20. The molecule has 0 spiro atoms. The van der Waals surface area contributed by atoms with Crippen LogP contribution >= 0.6 is 0 Å². The normalized spacial score (nSPS) is 26.6. The molecule has 0 saturated heterocycles. The van der Waals surface area contributed by atoms with E-state index in [-0.39, 0.29) is 0 Å². The first-order valence-corrected chi connectivity index (χ1v) is 12.1. The first-order valence-electron chi connectivity index (χ1n) is 12.1. The number of hydrogen-bond acceptors (Lipinski definition) is 2. The van der Waals surface area contributed by atoms with E-state index in [4.69, 9.17) is 4.99 Å². The number of phenols is 1. The molecule has 1 aromatic carbocycles. The lowest BCUT2D eigenvalue weighted by Gasteiger charge is -2.25. The molecule has 2 fully saturated rings. The van der Waals surface area contributed by atoms with Crippen molar-refractivity contribution in [2.75, 3.05) is 0 Å². The summed E-state index contributed by atoms with van der Waals surface area (Å²) < 4.78 is 0. The Hall–Kier alpha value is -1.31. The summed E-state index contributed by atoms with van der Waals surface area (Å²) in [6.07, 6.45) is 21.8. The zero-order valence-corrected chi connectivity index (χ0v) is 18.0.